The van der Waals surface area contributed by atoms with E-state index in [0.717, 1.165) is 6.54 Å². The van der Waals surface area contributed by atoms with Crippen LogP contribution in [0.25, 0.3) is 0 Å². The Balaban J connectivity index is 2.72. The van der Waals surface area contributed by atoms with Gasteiger partial charge in [0.2, 0.25) is 0 Å². The first-order valence-electron chi connectivity index (χ1n) is 6.46. The van der Waals surface area contributed by atoms with Gasteiger partial charge in [-0.05, 0) is 48.9 Å². The second-order valence-electron chi connectivity index (χ2n) is 5.33. The summed E-state index contributed by atoms with van der Waals surface area (Å²) in [6.45, 7) is 12.5. The van der Waals surface area contributed by atoms with Gasteiger partial charge in [0.15, 0.2) is 0 Å². The van der Waals surface area contributed by atoms with E-state index in [1.54, 1.807) is 0 Å². The summed E-state index contributed by atoms with van der Waals surface area (Å²) in [6.07, 6.45) is 0. The molecule has 1 aromatic rings. The second-order valence-corrected chi connectivity index (χ2v) is 5.33. The maximum absolute atomic E-state index is 5.77. The van der Waals surface area contributed by atoms with E-state index in [2.05, 4.69) is 52.1 Å². The van der Waals surface area contributed by atoms with Crippen molar-refractivity contribution in [2.75, 3.05) is 6.54 Å². The Kier molecular flexibility index (Phi) is 5.16. The van der Waals surface area contributed by atoms with Crippen molar-refractivity contribution in [2.45, 2.75) is 47.2 Å². The number of hydrogen-bond donors (Lipinski definition) is 2. The fourth-order valence-electron chi connectivity index (χ4n) is 2.04. The van der Waals surface area contributed by atoms with E-state index in [1.165, 1.54) is 22.3 Å². The molecule has 1 unspecified atom stereocenters. The Morgan fingerprint density at radius 3 is 2.18 bits per heavy atom. The van der Waals surface area contributed by atoms with Crippen molar-refractivity contribution in [2.24, 2.45) is 11.7 Å². The van der Waals surface area contributed by atoms with Crippen molar-refractivity contribution in [1.29, 1.82) is 0 Å². The summed E-state index contributed by atoms with van der Waals surface area (Å²) in [5.41, 5.74) is 11.2. The largest absolute Gasteiger partial charge is 0.329 e. The number of rotatable bonds is 5. The highest BCUT2D eigenvalue weighted by molar-refractivity contribution is 5.36. The minimum Gasteiger partial charge on any atom is -0.329 e. The van der Waals surface area contributed by atoms with Crippen LogP contribution in [0.5, 0.6) is 0 Å². The van der Waals surface area contributed by atoms with Crippen molar-refractivity contribution in [1.82, 2.24) is 5.32 Å². The molecule has 1 atom stereocenters. The van der Waals surface area contributed by atoms with Gasteiger partial charge in [-0.15, -0.1) is 0 Å². The molecule has 0 bridgehead atoms. The smallest absolute Gasteiger partial charge is 0.0216 e. The monoisotopic (exact) mass is 234 g/mol. The molecule has 17 heavy (non-hydrogen) atoms. The standard InChI is InChI=1S/C15H26N2/c1-10(2)15(8-16)17-9-14-7-12(4)11(3)6-13(14)5/h6-7,10,15,17H,8-9,16H2,1-5H3. The Morgan fingerprint density at radius 2 is 1.65 bits per heavy atom. The molecule has 1 aromatic carbocycles. The van der Waals surface area contributed by atoms with Crippen LogP contribution in [0, 0.1) is 26.7 Å². The zero-order chi connectivity index (χ0) is 13.0. The Labute approximate surface area is 106 Å². The molecular weight excluding hydrogens is 208 g/mol. The SMILES string of the molecule is Cc1cc(C)c(CNC(CN)C(C)C)cc1C. The summed E-state index contributed by atoms with van der Waals surface area (Å²) in [7, 11) is 0. The lowest BCUT2D eigenvalue weighted by Crippen LogP contribution is -2.39. The lowest BCUT2D eigenvalue weighted by atomic mass is 9.99. The molecule has 0 aliphatic heterocycles. The second kappa shape index (κ2) is 6.18. The van der Waals surface area contributed by atoms with Crippen LogP contribution in [0.2, 0.25) is 0 Å². The zero-order valence-electron chi connectivity index (χ0n) is 11.8. The van der Waals surface area contributed by atoms with Crippen LogP contribution in [0.1, 0.15) is 36.1 Å². The van der Waals surface area contributed by atoms with Crippen LogP contribution in [-0.4, -0.2) is 12.6 Å². The minimum absolute atomic E-state index is 0.399. The average Bonchev–Trinajstić information content (AvgIpc) is 2.25. The van der Waals surface area contributed by atoms with Crippen LogP contribution >= 0.6 is 0 Å². The van der Waals surface area contributed by atoms with E-state index >= 15 is 0 Å². The van der Waals surface area contributed by atoms with Gasteiger partial charge in [0.1, 0.15) is 0 Å². The molecule has 0 spiro atoms. The number of nitrogens with one attached hydrogen (secondary N) is 1. The van der Waals surface area contributed by atoms with E-state index in [0.29, 0.717) is 18.5 Å². The van der Waals surface area contributed by atoms with Crippen LogP contribution in [-0.2, 0) is 6.54 Å². The third kappa shape index (κ3) is 3.83. The van der Waals surface area contributed by atoms with Crippen LogP contribution in [0.15, 0.2) is 12.1 Å². The lowest BCUT2D eigenvalue weighted by molar-refractivity contribution is 0.404. The quantitative estimate of drug-likeness (QED) is 0.822. The van der Waals surface area contributed by atoms with Crippen LogP contribution in [0.4, 0.5) is 0 Å². The van der Waals surface area contributed by atoms with Crippen molar-refractivity contribution in [3.05, 3.63) is 34.4 Å². The molecule has 0 saturated heterocycles. The van der Waals surface area contributed by atoms with Gasteiger partial charge < -0.3 is 11.1 Å². The third-order valence-electron chi connectivity index (χ3n) is 3.57. The molecule has 0 fully saturated rings. The molecule has 3 N–H and O–H groups in total. The lowest BCUT2D eigenvalue weighted by Gasteiger charge is -2.21. The molecule has 96 valence electrons. The van der Waals surface area contributed by atoms with Crippen LogP contribution < -0.4 is 11.1 Å². The fourth-order valence-corrected chi connectivity index (χ4v) is 2.04. The van der Waals surface area contributed by atoms with Gasteiger partial charge in [-0.3, -0.25) is 0 Å². The fraction of sp³-hybridized carbons (Fsp3) is 0.600. The van der Waals surface area contributed by atoms with Crippen LogP contribution in [0.3, 0.4) is 0 Å². The molecule has 0 amide bonds. The third-order valence-corrected chi connectivity index (χ3v) is 3.57. The van der Waals surface area contributed by atoms with Crippen molar-refractivity contribution >= 4 is 0 Å². The predicted molar refractivity (Wildman–Crippen MR) is 75.2 cm³/mol. The summed E-state index contributed by atoms with van der Waals surface area (Å²) < 4.78 is 0. The average molecular weight is 234 g/mol. The van der Waals surface area contributed by atoms with Gasteiger partial charge in [-0.2, -0.15) is 0 Å². The zero-order valence-corrected chi connectivity index (χ0v) is 11.8. The van der Waals surface area contributed by atoms with E-state index in [9.17, 15) is 0 Å². The number of benzene rings is 1. The summed E-state index contributed by atoms with van der Waals surface area (Å²) in [6, 6.07) is 4.95. The molecule has 0 aliphatic carbocycles. The number of hydrogen-bond acceptors (Lipinski definition) is 2. The van der Waals surface area contributed by atoms with E-state index in [4.69, 9.17) is 5.73 Å². The molecule has 0 aliphatic rings. The predicted octanol–water partition coefficient (Wildman–Crippen LogP) is 2.68. The highest BCUT2D eigenvalue weighted by Gasteiger charge is 2.11. The summed E-state index contributed by atoms with van der Waals surface area (Å²) >= 11 is 0. The van der Waals surface area contributed by atoms with Gasteiger partial charge in [-0.25, -0.2) is 0 Å². The first-order valence-corrected chi connectivity index (χ1v) is 6.46. The summed E-state index contributed by atoms with van der Waals surface area (Å²) in [5, 5.41) is 3.55. The minimum atomic E-state index is 0.399. The van der Waals surface area contributed by atoms with E-state index < -0.39 is 0 Å². The van der Waals surface area contributed by atoms with Gasteiger partial charge in [0.25, 0.3) is 0 Å². The Hall–Kier alpha value is -0.860. The molecular formula is C15H26N2. The normalized spacial score (nSPS) is 13.1. The topological polar surface area (TPSA) is 38.0 Å². The first kappa shape index (κ1) is 14.2. The molecule has 1 rings (SSSR count). The van der Waals surface area contributed by atoms with E-state index in [1.807, 2.05) is 0 Å². The molecule has 2 heteroatoms. The van der Waals surface area contributed by atoms with E-state index in [-0.39, 0.29) is 0 Å². The molecule has 0 radical (unpaired) electrons. The number of nitrogens with two attached hydrogens (primary N) is 1. The van der Waals surface area contributed by atoms with Gasteiger partial charge in [0.05, 0.1) is 0 Å². The molecule has 0 saturated carbocycles. The Bertz CT molecular complexity index is 369. The summed E-state index contributed by atoms with van der Waals surface area (Å²) in [5.74, 6) is 0.576. The van der Waals surface area contributed by atoms with Crippen molar-refractivity contribution < 1.29 is 0 Å². The Morgan fingerprint density at radius 1 is 1.06 bits per heavy atom. The summed E-state index contributed by atoms with van der Waals surface area (Å²) in [4.78, 5) is 0. The maximum atomic E-state index is 5.77. The highest BCUT2D eigenvalue weighted by Crippen LogP contribution is 2.15. The molecule has 0 heterocycles. The first-order chi connectivity index (χ1) is 7.95. The maximum Gasteiger partial charge on any atom is 0.0216 e. The molecule has 2 nitrogen and oxygen atoms in total. The van der Waals surface area contributed by atoms with Gasteiger partial charge in [-0.1, -0.05) is 26.0 Å². The number of aryl methyl sites for hydroxylation is 3. The molecule has 0 aromatic heterocycles. The van der Waals surface area contributed by atoms with Gasteiger partial charge >= 0.3 is 0 Å². The van der Waals surface area contributed by atoms with Crippen molar-refractivity contribution in [3.63, 3.8) is 0 Å². The van der Waals surface area contributed by atoms with Crippen molar-refractivity contribution in [3.8, 4) is 0 Å². The van der Waals surface area contributed by atoms with Gasteiger partial charge in [0, 0.05) is 19.1 Å². The highest BCUT2D eigenvalue weighted by atomic mass is 14.9.